The van der Waals surface area contributed by atoms with Crippen LogP contribution >= 0.6 is 11.6 Å². The SMILES string of the molecule is CCc1ccc(CNC(=O)C(=O)NCCc2ccc(Cl)cc2)cc1. The lowest BCUT2D eigenvalue weighted by Crippen LogP contribution is -2.40. The van der Waals surface area contributed by atoms with Crippen LogP contribution in [0.2, 0.25) is 5.02 Å². The molecule has 0 aromatic heterocycles. The molecule has 0 aliphatic heterocycles. The summed E-state index contributed by atoms with van der Waals surface area (Å²) >= 11 is 5.82. The summed E-state index contributed by atoms with van der Waals surface area (Å²) < 4.78 is 0. The molecule has 0 aliphatic rings. The van der Waals surface area contributed by atoms with Crippen molar-refractivity contribution in [1.82, 2.24) is 10.6 Å². The van der Waals surface area contributed by atoms with Crippen LogP contribution in [0.4, 0.5) is 0 Å². The van der Waals surface area contributed by atoms with Gasteiger partial charge in [-0.15, -0.1) is 0 Å². The van der Waals surface area contributed by atoms with Crippen molar-refractivity contribution >= 4 is 23.4 Å². The van der Waals surface area contributed by atoms with Crippen LogP contribution in [0, 0.1) is 0 Å². The molecule has 0 saturated carbocycles. The highest BCUT2D eigenvalue weighted by atomic mass is 35.5. The fourth-order valence-corrected chi connectivity index (χ4v) is 2.33. The molecule has 2 amide bonds. The molecule has 0 heterocycles. The van der Waals surface area contributed by atoms with Gasteiger partial charge >= 0.3 is 11.8 Å². The fraction of sp³-hybridized carbons (Fsp3) is 0.263. The molecule has 0 spiro atoms. The van der Waals surface area contributed by atoms with E-state index in [0.717, 1.165) is 17.5 Å². The molecule has 0 radical (unpaired) electrons. The Kier molecular flexibility index (Phi) is 6.82. The van der Waals surface area contributed by atoms with Crippen molar-refractivity contribution in [3.8, 4) is 0 Å². The van der Waals surface area contributed by atoms with Gasteiger partial charge in [-0.25, -0.2) is 0 Å². The molecule has 5 heteroatoms. The molecule has 2 N–H and O–H groups in total. The third kappa shape index (κ3) is 5.70. The van der Waals surface area contributed by atoms with Crippen LogP contribution < -0.4 is 10.6 Å². The van der Waals surface area contributed by atoms with Crippen LogP contribution in [-0.4, -0.2) is 18.4 Å². The maximum Gasteiger partial charge on any atom is 0.309 e. The second-order valence-corrected chi connectivity index (χ2v) is 5.92. The Hall–Kier alpha value is -2.33. The van der Waals surface area contributed by atoms with E-state index in [1.165, 1.54) is 5.56 Å². The third-order valence-electron chi connectivity index (χ3n) is 3.70. The second-order valence-electron chi connectivity index (χ2n) is 5.49. The summed E-state index contributed by atoms with van der Waals surface area (Å²) in [5, 5.41) is 5.92. The van der Waals surface area contributed by atoms with E-state index in [2.05, 4.69) is 17.6 Å². The number of aryl methyl sites for hydroxylation is 1. The van der Waals surface area contributed by atoms with Crippen LogP contribution in [-0.2, 0) is 29.0 Å². The molecule has 0 unspecified atom stereocenters. The van der Waals surface area contributed by atoms with Gasteiger partial charge in [-0.1, -0.05) is 54.9 Å². The van der Waals surface area contributed by atoms with E-state index in [-0.39, 0.29) is 0 Å². The van der Waals surface area contributed by atoms with Crippen LogP contribution in [0.3, 0.4) is 0 Å². The smallest absolute Gasteiger partial charge is 0.309 e. The zero-order valence-electron chi connectivity index (χ0n) is 13.6. The number of benzene rings is 2. The van der Waals surface area contributed by atoms with Crippen molar-refractivity contribution in [2.45, 2.75) is 26.3 Å². The Morgan fingerprint density at radius 2 is 1.38 bits per heavy atom. The maximum atomic E-state index is 11.8. The lowest BCUT2D eigenvalue weighted by atomic mass is 10.1. The van der Waals surface area contributed by atoms with E-state index in [9.17, 15) is 9.59 Å². The van der Waals surface area contributed by atoms with Crippen LogP contribution in [0.1, 0.15) is 23.6 Å². The molecule has 4 nitrogen and oxygen atoms in total. The molecule has 2 aromatic carbocycles. The molecule has 0 bridgehead atoms. The van der Waals surface area contributed by atoms with Gasteiger partial charge in [0.25, 0.3) is 0 Å². The number of amides is 2. The average molecular weight is 345 g/mol. The zero-order valence-corrected chi connectivity index (χ0v) is 14.4. The number of nitrogens with one attached hydrogen (secondary N) is 2. The lowest BCUT2D eigenvalue weighted by Gasteiger charge is -2.07. The van der Waals surface area contributed by atoms with Crippen molar-refractivity contribution in [2.75, 3.05) is 6.54 Å². The summed E-state index contributed by atoms with van der Waals surface area (Å²) in [6, 6.07) is 15.4. The first-order chi connectivity index (χ1) is 11.6. The first-order valence-electron chi connectivity index (χ1n) is 7.96. The second kappa shape index (κ2) is 9.08. The minimum Gasteiger partial charge on any atom is -0.348 e. The summed E-state index contributed by atoms with van der Waals surface area (Å²) in [7, 11) is 0. The van der Waals surface area contributed by atoms with Gasteiger partial charge in [0.15, 0.2) is 0 Å². The first-order valence-corrected chi connectivity index (χ1v) is 8.34. The predicted octanol–water partition coefficient (Wildman–Crippen LogP) is 2.88. The fourth-order valence-electron chi connectivity index (χ4n) is 2.21. The standard InChI is InChI=1S/C19H21ClN2O2/c1-2-14-3-5-16(6-4-14)13-22-19(24)18(23)21-12-11-15-7-9-17(20)10-8-15/h3-10H,2,11-13H2,1H3,(H,21,23)(H,22,24). The van der Waals surface area contributed by atoms with Gasteiger partial charge in [-0.05, 0) is 41.7 Å². The van der Waals surface area contributed by atoms with Gasteiger partial charge in [0, 0.05) is 18.1 Å². The summed E-state index contributed by atoms with van der Waals surface area (Å²) in [5.74, 6) is -1.24. The summed E-state index contributed by atoms with van der Waals surface area (Å²) in [4.78, 5) is 23.6. The van der Waals surface area contributed by atoms with Crippen molar-refractivity contribution in [1.29, 1.82) is 0 Å². The van der Waals surface area contributed by atoms with Gasteiger partial charge in [-0.2, -0.15) is 0 Å². The Morgan fingerprint density at radius 1 is 0.833 bits per heavy atom. The number of halogens is 1. The molecule has 2 rings (SSSR count). The molecule has 0 saturated heterocycles. The third-order valence-corrected chi connectivity index (χ3v) is 3.95. The highest BCUT2D eigenvalue weighted by Gasteiger charge is 2.12. The molecule has 0 aliphatic carbocycles. The van der Waals surface area contributed by atoms with Crippen molar-refractivity contribution in [2.24, 2.45) is 0 Å². The maximum absolute atomic E-state index is 11.8. The van der Waals surface area contributed by atoms with Gasteiger partial charge in [0.1, 0.15) is 0 Å². The van der Waals surface area contributed by atoms with Crippen LogP contribution in [0.5, 0.6) is 0 Å². The first kappa shape index (κ1) is 18.0. The Labute approximate surface area is 147 Å². The predicted molar refractivity (Wildman–Crippen MR) is 95.8 cm³/mol. The lowest BCUT2D eigenvalue weighted by molar-refractivity contribution is -0.139. The minimum absolute atomic E-state index is 0.341. The number of rotatable bonds is 6. The Balaban J connectivity index is 1.71. The Bertz CT molecular complexity index is 682. The van der Waals surface area contributed by atoms with Gasteiger partial charge in [-0.3, -0.25) is 9.59 Å². The largest absolute Gasteiger partial charge is 0.348 e. The molecular weight excluding hydrogens is 324 g/mol. The van der Waals surface area contributed by atoms with Gasteiger partial charge in [0.2, 0.25) is 0 Å². The molecule has 24 heavy (non-hydrogen) atoms. The zero-order chi connectivity index (χ0) is 17.4. The molecular formula is C19H21ClN2O2. The minimum atomic E-state index is -0.620. The Morgan fingerprint density at radius 3 is 2.00 bits per heavy atom. The molecule has 2 aromatic rings. The number of carbonyl (C=O) groups excluding carboxylic acids is 2. The summed E-state index contributed by atoms with van der Waals surface area (Å²) in [5.41, 5.74) is 3.26. The van der Waals surface area contributed by atoms with E-state index in [1.54, 1.807) is 12.1 Å². The van der Waals surface area contributed by atoms with E-state index in [4.69, 9.17) is 11.6 Å². The summed E-state index contributed by atoms with van der Waals surface area (Å²) in [6.07, 6.45) is 1.62. The van der Waals surface area contributed by atoms with Crippen LogP contribution in [0.15, 0.2) is 48.5 Å². The number of hydrogen-bond donors (Lipinski definition) is 2. The quantitative estimate of drug-likeness (QED) is 0.792. The van der Waals surface area contributed by atoms with E-state index in [1.807, 2.05) is 36.4 Å². The normalized spacial score (nSPS) is 10.2. The topological polar surface area (TPSA) is 58.2 Å². The highest BCUT2D eigenvalue weighted by Crippen LogP contribution is 2.09. The average Bonchev–Trinajstić information content (AvgIpc) is 2.61. The van der Waals surface area contributed by atoms with E-state index >= 15 is 0 Å². The molecule has 126 valence electrons. The number of hydrogen-bond acceptors (Lipinski definition) is 2. The van der Waals surface area contributed by atoms with Crippen molar-refractivity contribution in [3.63, 3.8) is 0 Å². The molecule has 0 atom stereocenters. The van der Waals surface area contributed by atoms with E-state index in [0.29, 0.717) is 24.5 Å². The van der Waals surface area contributed by atoms with Crippen LogP contribution in [0.25, 0.3) is 0 Å². The van der Waals surface area contributed by atoms with Crippen molar-refractivity contribution < 1.29 is 9.59 Å². The van der Waals surface area contributed by atoms with Gasteiger partial charge in [0.05, 0.1) is 0 Å². The monoisotopic (exact) mass is 344 g/mol. The van der Waals surface area contributed by atoms with E-state index < -0.39 is 11.8 Å². The highest BCUT2D eigenvalue weighted by molar-refractivity contribution is 6.35. The van der Waals surface area contributed by atoms with Crippen molar-refractivity contribution in [3.05, 3.63) is 70.2 Å². The molecule has 0 fully saturated rings. The van der Waals surface area contributed by atoms with Gasteiger partial charge < -0.3 is 10.6 Å². The summed E-state index contributed by atoms with van der Waals surface area (Å²) in [6.45, 7) is 2.83. The number of carbonyl (C=O) groups is 2.